The number of piperidine rings is 1. The van der Waals surface area contributed by atoms with E-state index in [1.54, 1.807) is 24.3 Å². The maximum Gasteiger partial charge on any atom is 0.319 e. The number of likely N-dealkylation sites (tertiary alicyclic amines) is 1. The zero-order chi connectivity index (χ0) is 18.6. The predicted molar refractivity (Wildman–Crippen MR) is 101 cm³/mol. The molecule has 1 aromatic carbocycles. The molecule has 1 aliphatic rings. The van der Waals surface area contributed by atoms with Crippen LogP contribution in [0.15, 0.2) is 24.3 Å². The van der Waals surface area contributed by atoms with E-state index in [0.717, 1.165) is 19.5 Å². The summed E-state index contributed by atoms with van der Waals surface area (Å²) in [6, 6.07) is 7.14. The van der Waals surface area contributed by atoms with Gasteiger partial charge in [-0.25, -0.2) is 4.79 Å². The lowest BCUT2D eigenvalue weighted by Gasteiger charge is -2.40. The molecule has 0 radical (unpaired) electrons. The van der Waals surface area contributed by atoms with Gasteiger partial charge in [-0.1, -0.05) is 13.0 Å². The first-order chi connectivity index (χ1) is 11.8. The first-order valence-corrected chi connectivity index (χ1v) is 8.91. The van der Waals surface area contributed by atoms with Crippen molar-refractivity contribution in [3.63, 3.8) is 0 Å². The van der Waals surface area contributed by atoms with Gasteiger partial charge in [-0.3, -0.25) is 4.79 Å². The zero-order valence-corrected chi connectivity index (χ0v) is 15.9. The second kappa shape index (κ2) is 8.34. The van der Waals surface area contributed by atoms with Crippen LogP contribution >= 0.6 is 0 Å². The fraction of sp³-hybridized carbons (Fsp3) is 0.579. The summed E-state index contributed by atoms with van der Waals surface area (Å²) in [4.78, 5) is 28.9. The smallest absolute Gasteiger partial charge is 0.319 e. The maximum atomic E-state index is 12.9. The van der Waals surface area contributed by atoms with E-state index in [1.807, 2.05) is 25.8 Å². The Bertz CT molecular complexity index is 617. The van der Waals surface area contributed by atoms with Crippen molar-refractivity contribution in [1.82, 2.24) is 15.1 Å². The van der Waals surface area contributed by atoms with E-state index in [4.69, 9.17) is 0 Å². The van der Waals surface area contributed by atoms with Gasteiger partial charge in [0.1, 0.15) is 0 Å². The SMILES string of the molecule is CC(C)NC(=O)Nc1cccc(C(=O)N(C)C2CCN(C)CC2C)c1. The highest BCUT2D eigenvalue weighted by Gasteiger charge is 2.30. The first kappa shape index (κ1) is 19.2. The Kier molecular flexibility index (Phi) is 6.42. The van der Waals surface area contributed by atoms with Crippen molar-refractivity contribution < 1.29 is 9.59 Å². The van der Waals surface area contributed by atoms with E-state index >= 15 is 0 Å². The highest BCUT2D eigenvalue weighted by Crippen LogP contribution is 2.22. The summed E-state index contributed by atoms with van der Waals surface area (Å²) < 4.78 is 0. The largest absolute Gasteiger partial charge is 0.338 e. The number of rotatable bonds is 4. The number of hydrogen-bond donors (Lipinski definition) is 2. The van der Waals surface area contributed by atoms with E-state index in [-0.39, 0.29) is 24.0 Å². The Balaban J connectivity index is 2.06. The predicted octanol–water partition coefficient (Wildman–Crippen LogP) is 2.63. The van der Waals surface area contributed by atoms with Gasteiger partial charge >= 0.3 is 6.03 Å². The van der Waals surface area contributed by atoms with Gasteiger partial charge in [-0.15, -0.1) is 0 Å². The molecule has 1 aromatic rings. The fourth-order valence-corrected chi connectivity index (χ4v) is 3.43. The van der Waals surface area contributed by atoms with Gasteiger partial charge in [-0.2, -0.15) is 0 Å². The summed E-state index contributed by atoms with van der Waals surface area (Å²) in [5.74, 6) is 0.431. The third kappa shape index (κ3) is 5.19. The Labute approximate surface area is 150 Å². The molecule has 2 atom stereocenters. The lowest BCUT2D eigenvalue weighted by molar-refractivity contribution is 0.0549. The van der Waals surface area contributed by atoms with Crippen LogP contribution < -0.4 is 10.6 Å². The van der Waals surface area contributed by atoms with Crippen LogP contribution in [-0.2, 0) is 0 Å². The number of carbonyl (C=O) groups is 2. The number of anilines is 1. The van der Waals surface area contributed by atoms with E-state index in [1.165, 1.54) is 0 Å². The molecule has 2 unspecified atom stereocenters. The second-order valence-corrected chi connectivity index (χ2v) is 7.35. The van der Waals surface area contributed by atoms with E-state index in [9.17, 15) is 9.59 Å². The van der Waals surface area contributed by atoms with E-state index in [2.05, 4.69) is 29.5 Å². The van der Waals surface area contributed by atoms with E-state index < -0.39 is 0 Å². The standard InChI is InChI=1S/C19H30N4O2/c1-13(2)20-19(25)21-16-8-6-7-15(11-16)18(24)23(5)17-9-10-22(4)12-14(17)3/h6-8,11,13-14,17H,9-10,12H2,1-5H3,(H2,20,21,25). The molecule has 0 aliphatic carbocycles. The quantitative estimate of drug-likeness (QED) is 0.881. The van der Waals surface area contributed by atoms with Gasteiger partial charge in [0.15, 0.2) is 0 Å². The molecule has 1 fully saturated rings. The van der Waals surface area contributed by atoms with Crippen LogP contribution in [0.2, 0.25) is 0 Å². The lowest BCUT2D eigenvalue weighted by Crippen LogP contribution is -2.49. The molecule has 0 bridgehead atoms. The number of carbonyl (C=O) groups excluding carboxylic acids is 2. The topological polar surface area (TPSA) is 64.7 Å². The summed E-state index contributed by atoms with van der Waals surface area (Å²) in [7, 11) is 3.99. The molecule has 25 heavy (non-hydrogen) atoms. The maximum absolute atomic E-state index is 12.9. The fourth-order valence-electron chi connectivity index (χ4n) is 3.43. The summed E-state index contributed by atoms with van der Waals surface area (Å²) in [5, 5.41) is 5.55. The summed E-state index contributed by atoms with van der Waals surface area (Å²) in [5.41, 5.74) is 1.21. The van der Waals surface area contributed by atoms with Crippen molar-refractivity contribution in [3.05, 3.63) is 29.8 Å². The molecular formula is C19H30N4O2. The Hall–Kier alpha value is -2.08. The molecule has 3 amide bonds. The van der Waals surface area contributed by atoms with Crippen LogP contribution in [0.3, 0.4) is 0 Å². The lowest BCUT2D eigenvalue weighted by atomic mass is 9.92. The highest BCUT2D eigenvalue weighted by atomic mass is 16.2. The normalized spacial score (nSPS) is 21.0. The monoisotopic (exact) mass is 346 g/mol. The molecule has 138 valence electrons. The molecule has 6 nitrogen and oxygen atoms in total. The number of nitrogens with zero attached hydrogens (tertiary/aromatic N) is 2. The van der Waals surface area contributed by atoms with Crippen LogP contribution in [0, 0.1) is 5.92 Å². The van der Waals surface area contributed by atoms with Gasteiger partial charge in [0.2, 0.25) is 0 Å². The molecule has 1 saturated heterocycles. The molecular weight excluding hydrogens is 316 g/mol. The molecule has 6 heteroatoms. The number of nitrogens with one attached hydrogen (secondary N) is 2. The van der Waals surface area contributed by atoms with Gasteiger partial charge in [-0.05, 0) is 58.0 Å². The van der Waals surface area contributed by atoms with Crippen molar-refractivity contribution in [2.75, 3.05) is 32.5 Å². The second-order valence-electron chi connectivity index (χ2n) is 7.35. The van der Waals surface area contributed by atoms with Crippen LogP contribution in [0.5, 0.6) is 0 Å². The third-order valence-corrected chi connectivity index (χ3v) is 4.67. The minimum Gasteiger partial charge on any atom is -0.338 e. The molecule has 1 aliphatic heterocycles. The van der Waals surface area contributed by atoms with Gasteiger partial charge < -0.3 is 20.4 Å². The van der Waals surface area contributed by atoms with Gasteiger partial charge in [0.05, 0.1) is 0 Å². The summed E-state index contributed by atoms with van der Waals surface area (Å²) in [6.45, 7) is 8.00. The number of urea groups is 1. The first-order valence-electron chi connectivity index (χ1n) is 8.91. The molecule has 1 heterocycles. The van der Waals surface area contributed by atoms with Crippen molar-refractivity contribution in [3.8, 4) is 0 Å². The molecule has 0 saturated carbocycles. The zero-order valence-electron chi connectivity index (χ0n) is 15.9. The molecule has 2 N–H and O–H groups in total. The van der Waals surface area contributed by atoms with Crippen molar-refractivity contribution in [1.29, 1.82) is 0 Å². The number of amides is 3. The van der Waals surface area contributed by atoms with Crippen LogP contribution in [0.25, 0.3) is 0 Å². The van der Waals surface area contributed by atoms with E-state index in [0.29, 0.717) is 17.2 Å². The van der Waals surface area contributed by atoms with Gasteiger partial charge in [0, 0.05) is 36.9 Å². The van der Waals surface area contributed by atoms with Crippen LogP contribution in [0.1, 0.15) is 37.6 Å². The minimum absolute atomic E-state index is 0.00526. The van der Waals surface area contributed by atoms with Gasteiger partial charge in [0.25, 0.3) is 5.91 Å². The van der Waals surface area contributed by atoms with Crippen molar-refractivity contribution >= 4 is 17.6 Å². The van der Waals surface area contributed by atoms with Crippen LogP contribution in [0.4, 0.5) is 10.5 Å². The average Bonchev–Trinajstić information content (AvgIpc) is 2.53. The Morgan fingerprint density at radius 1 is 1.32 bits per heavy atom. The van der Waals surface area contributed by atoms with Crippen molar-refractivity contribution in [2.24, 2.45) is 5.92 Å². The highest BCUT2D eigenvalue weighted by molar-refractivity contribution is 5.97. The molecule has 0 aromatic heterocycles. The number of benzene rings is 1. The summed E-state index contributed by atoms with van der Waals surface area (Å²) in [6.07, 6.45) is 0.981. The average molecular weight is 346 g/mol. The van der Waals surface area contributed by atoms with Crippen molar-refractivity contribution in [2.45, 2.75) is 39.3 Å². The Morgan fingerprint density at radius 2 is 2.04 bits per heavy atom. The molecule has 2 rings (SSSR count). The van der Waals surface area contributed by atoms with Crippen LogP contribution in [-0.4, -0.2) is 61.0 Å². The number of hydrogen-bond acceptors (Lipinski definition) is 3. The third-order valence-electron chi connectivity index (χ3n) is 4.67. The Morgan fingerprint density at radius 3 is 2.68 bits per heavy atom. The molecule has 0 spiro atoms. The summed E-state index contributed by atoms with van der Waals surface area (Å²) >= 11 is 0. The minimum atomic E-state index is -0.267.